The van der Waals surface area contributed by atoms with Crippen LogP contribution in [0, 0.1) is 6.92 Å². The standard InChI is InChI=1S/C21H23N5O3S/c1-5-17-14(7-13(9-23-17)20(27)29-4)16-10-24-18(26-21(28)22-6-2)8-15(16)19-25-12(3)11-30-19/h7-11H,5-6H2,1-4H3,(H2,22,24,26,28). The Balaban J connectivity index is 2.16. The van der Waals surface area contributed by atoms with Gasteiger partial charge in [0.25, 0.3) is 0 Å². The van der Waals surface area contributed by atoms with Crippen LogP contribution in [0.15, 0.2) is 29.9 Å². The van der Waals surface area contributed by atoms with Crippen LogP contribution in [0.1, 0.15) is 35.6 Å². The van der Waals surface area contributed by atoms with Crippen molar-refractivity contribution in [3.05, 3.63) is 46.9 Å². The van der Waals surface area contributed by atoms with Crippen LogP contribution in [-0.4, -0.2) is 40.6 Å². The lowest BCUT2D eigenvalue weighted by Gasteiger charge is -2.14. The number of thiazole rings is 1. The van der Waals surface area contributed by atoms with E-state index in [1.165, 1.54) is 24.6 Å². The molecular weight excluding hydrogens is 402 g/mol. The van der Waals surface area contributed by atoms with Gasteiger partial charge in [-0.1, -0.05) is 6.92 Å². The molecule has 0 bridgehead atoms. The Morgan fingerprint density at radius 2 is 1.90 bits per heavy atom. The van der Waals surface area contributed by atoms with Crippen molar-refractivity contribution in [3.8, 4) is 21.7 Å². The molecule has 3 rings (SSSR count). The quantitative estimate of drug-likeness (QED) is 0.577. The first-order valence-electron chi connectivity index (χ1n) is 9.51. The first-order valence-corrected chi connectivity index (χ1v) is 10.4. The highest BCUT2D eigenvalue weighted by Crippen LogP contribution is 2.36. The Morgan fingerprint density at radius 1 is 1.10 bits per heavy atom. The molecule has 30 heavy (non-hydrogen) atoms. The predicted octanol–water partition coefficient (Wildman–Crippen LogP) is 4.07. The summed E-state index contributed by atoms with van der Waals surface area (Å²) < 4.78 is 4.85. The highest BCUT2D eigenvalue weighted by molar-refractivity contribution is 7.13. The van der Waals surface area contributed by atoms with Gasteiger partial charge in [0.15, 0.2) is 0 Å². The first kappa shape index (κ1) is 21.4. The number of anilines is 1. The summed E-state index contributed by atoms with van der Waals surface area (Å²) in [7, 11) is 1.34. The second-order valence-electron chi connectivity index (χ2n) is 6.46. The smallest absolute Gasteiger partial charge is 0.339 e. The molecule has 2 N–H and O–H groups in total. The summed E-state index contributed by atoms with van der Waals surface area (Å²) in [6.45, 7) is 6.27. The van der Waals surface area contributed by atoms with Gasteiger partial charge in [0.05, 0.1) is 12.7 Å². The van der Waals surface area contributed by atoms with Crippen LogP contribution in [0.5, 0.6) is 0 Å². The number of esters is 1. The summed E-state index contributed by atoms with van der Waals surface area (Å²) in [5.74, 6) is -0.0526. The van der Waals surface area contributed by atoms with E-state index in [0.29, 0.717) is 24.3 Å². The monoisotopic (exact) mass is 425 g/mol. The number of methoxy groups -OCH3 is 1. The normalized spacial score (nSPS) is 10.5. The molecular formula is C21H23N5O3S. The first-order chi connectivity index (χ1) is 14.5. The highest BCUT2D eigenvalue weighted by Gasteiger charge is 2.18. The zero-order valence-corrected chi connectivity index (χ0v) is 18.1. The van der Waals surface area contributed by atoms with Gasteiger partial charge in [-0.25, -0.2) is 19.6 Å². The minimum atomic E-state index is -0.458. The molecule has 0 radical (unpaired) electrons. The minimum absolute atomic E-state index is 0.331. The number of urea groups is 1. The molecule has 3 aromatic heterocycles. The van der Waals surface area contributed by atoms with E-state index in [2.05, 4.69) is 25.6 Å². The van der Waals surface area contributed by atoms with Crippen LogP contribution in [0.2, 0.25) is 0 Å². The minimum Gasteiger partial charge on any atom is -0.465 e. The van der Waals surface area contributed by atoms with E-state index in [0.717, 1.165) is 33.1 Å². The molecule has 156 valence electrons. The van der Waals surface area contributed by atoms with Gasteiger partial charge in [0.1, 0.15) is 10.8 Å². The van der Waals surface area contributed by atoms with E-state index in [1.54, 1.807) is 18.3 Å². The number of carbonyl (C=O) groups excluding carboxylic acids is 2. The molecule has 3 aromatic rings. The van der Waals surface area contributed by atoms with Gasteiger partial charge >= 0.3 is 12.0 Å². The molecule has 0 aliphatic carbocycles. The van der Waals surface area contributed by atoms with E-state index in [4.69, 9.17) is 4.74 Å². The molecule has 2 amide bonds. The Kier molecular flexibility index (Phi) is 6.73. The lowest BCUT2D eigenvalue weighted by atomic mass is 9.98. The van der Waals surface area contributed by atoms with Gasteiger partial charge in [-0.15, -0.1) is 11.3 Å². The molecule has 0 spiro atoms. The van der Waals surface area contributed by atoms with Crippen LogP contribution in [0.25, 0.3) is 21.7 Å². The largest absolute Gasteiger partial charge is 0.465 e. The molecule has 0 fully saturated rings. The van der Waals surface area contributed by atoms with E-state index in [9.17, 15) is 9.59 Å². The Bertz CT molecular complexity index is 1080. The zero-order chi connectivity index (χ0) is 21.7. The van der Waals surface area contributed by atoms with E-state index >= 15 is 0 Å². The third-order valence-corrected chi connectivity index (χ3v) is 5.34. The summed E-state index contributed by atoms with van der Waals surface area (Å²) in [5.41, 5.74) is 4.43. The van der Waals surface area contributed by atoms with Gasteiger partial charge < -0.3 is 10.1 Å². The second-order valence-corrected chi connectivity index (χ2v) is 7.32. The Hall–Kier alpha value is -3.33. The molecule has 0 unspecified atom stereocenters. The summed E-state index contributed by atoms with van der Waals surface area (Å²) >= 11 is 1.50. The Labute approximate surface area is 178 Å². The van der Waals surface area contributed by atoms with E-state index in [1.807, 2.05) is 26.2 Å². The van der Waals surface area contributed by atoms with Crippen LogP contribution in [-0.2, 0) is 11.2 Å². The van der Waals surface area contributed by atoms with Crippen molar-refractivity contribution >= 4 is 29.2 Å². The van der Waals surface area contributed by atoms with E-state index in [-0.39, 0.29) is 6.03 Å². The molecule has 0 aliphatic rings. The number of rotatable bonds is 6. The third-order valence-electron chi connectivity index (χ3n) is 4.35. The van der Waals surface area contributed by atoms with Crippen molar-refractivity contribution in [2.45, 2.75) is 27.2 Å². The molecule has 0 saturated carbocycles. The summed E-state index contributed by atoms with van der Waals surface area (Å²) in [4.78, 5) is 37.4. The van der Waals surface area contributed by atoms with Crippen molar-refractivity contribution in [3.63, 3.8) is 0 Å². The van der Waals surface area contributed by atoms with Crippen LogP contribution < -0.4 is 10.6 Å². The maximum atomic E-state index is 12.0. The fraction of sp³-hybridized carbons (Fsp3) is 0.286. The van der Waals surface area contributed by atoms with Crippen molar-refractivity contribution in [2.24, 2.45) is 0 Å². The average molecular weight is 426 g/mol. The maximum Gasteiger partial charge on any atom is 0.339 e. The number of amides is 2. The molecule has 0 saturated heterocycles. The number of pyridine rings is 2. The second kappa shape index (κ2) is 9.45. The number of nitrogens with one attached hydrogen (secondary N) is 2. The van der Waals surface area contributed by atoms with Crippen LogP contribution in [0.4, 0.5) is 10.6 Å². The van der Waals surface area contributed by atoms with Crippen molar-refractivity contribution < 1.29 is 14.3 Å². The maximum absolute atomic E-state index is 12.0. The van der Waals surface area contributed by atoms with Crippen molar-refractivity contribution in [2.75, 3.05) is 19.0 Å². The van der Waals surface area contributed by atoms with Crippen LogP contribution in [0.3, 0.4) is 0 Å². The number of ether oxygens (including phenoxy) is 1. The summed E-state index contributed by atoms with van der Waals surface area (Å²) in [5, 5.41) is 8.16. The number of hydrogen-bond acceptors (Lipinski definition) is 7. The molecule has 0 atom stereocenters. The van der Waals surface area contributed by atoms with Gasteiger partial charge in [-0.2, -0.15) is 0 Å². The fourth-order valence-corrected chi connectivity index (χ4v) is 3.78. The number of aryl methyl sites for hydroxylation is 2. The lowest BCUT2D eigenvalue weighted by Crippen LogP contribution is -2.28. The molecule has 3 heterocycles. The molecule has 0 aliphatic heterocycles. The van der Waals surface area contributed by atoms with Gasteiger partial charge in [-0.3, -0.25) is 10.3 Å². The average Bonchev–Trinajstić information content (AvgIpc) is 3.19. The predicted molar refractivity (Wildman–Crippen MR) is 117 cm³/mol. The SMILES string of the molecule is CCNC(=O)Nc1cc(-c2nc(C)cs2)c(-c2cc(C(=O)OC)cnc2CC)cn1. The zero-order valence-electron chi connectivity index (χ0n) is 17.3. The number of aromatic nitrogens is 3. The topological polar surface area (TPSA) is 106 Å². The lowest BCUT2D eigenvalue weighted by molar-refractivity contribution is 0.0600. The van der Waals surface area contributed by atoms with Gasteiger partial charge in [0, 0.05) is 52.4 Å². The van der Waals surface area contributed by atoms with Crippen molar-refractivity contribution in [1.82, 2.24) is 20.3 Å². The van der Waals surface area contributed by atoms with E-state index < -0.39 is 5.97 Å². The van der Waals surface area contributed by atoms with Gasteiger partial charge in [0.2, 0.25) is 0 Å². The number of carbonyl (C=O) groups is 2. The third kappa shape index (κ3) is 4.62. The molecule has 8 nitrogen and oxygen atoms in total. The molecule has 0 aromatic carbocycles. The highest BCUT2D eigenvalue weighted by atomic mass is 32.1. The number of nitrogens with zero attached hydrogens (tertiary/aromatic N) is 3. The van der Waals surface area contributed by atoms with Gasteiger partial charge in [-0.05, 0) is 32.4 Å². The summed E-state index contributed by atoms with van der Waals surface area (Å²) in [6, 6.07) is 3.21. The van der Waals surface area contributed by atoms with Crippen molar-refractivity contribution in [1.29, 1.82) is 0 Å². The number of hydrogen-bond donors (Lipinski definition) is 2. The summed E-state index contributed by atoms with van der Waals surface area (Å²) in [6.07, 6.45) is 3.86. The Morgan fingerprint density at radius 3 is 2.53 bits per heavy atom. The van der Waals surface area contributed by atoms with Crippen LogP contribution >= 0.6 is 11.3 Å². The fourth-order valence-electron chi connectivity index (χ4n) is 2.95. The molecule has 9 heteroatoms.